The summed E-state index contributed by atoms with van der Waals surface area (Å²) in [6.07, 6.45) is 6.37. The maximum Gasteiger partial charge on any atom is 0.0400 e. The minimum atomic E-state index is 0.713. The van der Waals surface area contributed by atoms with E-state index in [1.807, 2.05) is 13.0 Å². The Kier molecular flexibility index (Phi) is 3.75. The monoisotopic (exact) mass is 189 g/mol. The lowest BCUT2D eigenvalue weighted by atomic mass is 10.1. The molecule has 1 saturated carbocycles. The van der Waals surface area contributed by atoms with E-state index in [-0.39, 0.29) is 0 Å². The summed E-state index contributed by atoms with van der Waals surface area (Å²) in [6.45, 7) is 14.5. The number of hydrogen-bond donors (Lipinski definition) is 1. The van der Waals surface area contributed by atoms with Gasteiger partial charge in [-0.3, -0.25) is 0 Å². The van der Waals surface area contributed by atoms with Gasteiger partial charge in [0.2, 0.25) is 0 Å². The second-order valence-electron chi connectivity index (χ2n) is 3.86. The number of nitrogens with one attached hydrogen (secondary N) is 1. The molecule has 1 rings (SSSR count). The van der Waals surface area contributed by atoms with E-state index in [9.17, 15) is 0 Å². The average Bonchev–Trinajstić information content (AvgIpc) is 2.94. The molecule has 76 valence electrons. The highest BCUT2D eigenvalue weighted by atomic mass is 14.9. The van der Waals surface area contributed by atoms with Gasteiger partial charge in [-0.2, -0.15) is 0 Å². The lowest BCUT2D eigenvalue weighted by Gasteiger charge is -2.11. The molecular formula is C13H19N. The van der Waals surface area contributed by atoms with E-state index in [1.54, 1.807) is 6.08 Å². The molecule has 1 heteroatoms. The second-order valence-corrected chi connectivity index (χ2v) is 3.86. The average molecular weight is 189 g/mol. The molecule has 0 aliphatic heterocycles. The topological polar surface area (TPSA) is 12.0 Å². The first-order chi connectivity index (χ1) is 6.65. The zero-order valence-electron chi connectivity index (χ0n) is 8.97. The van der Waals surface area contributed by atoms with E-state index >= 15 is 0 Å². The summed E-state index contributed by atoms with van der Waals surface area (Å²) in [5.41, 5.74) is 3.45. The predicted molar refractivity (Wildman–Crippen MR) is 63.0 cm³/mol. The van der Waals surface area contributed by atoms with Gasteiger partial charge in [-0.05, 0) is 31.3 Å². The van der Waals surface area contributed by atoms with Crippen molar-refractivity contribution in [2.75, 3.05) is 6.54 Å². The third-order valence-corrected chi connectivity index (χ3v) is 2.44. The van der Waals surface area contributed by atoms with Crippen molar-refractivity contribution in [3.05, 3.63) is 48.7 Å². The molecule has 0 heterocycles. The molecule has 0 amide bonds. The van der Waals surface area contributed by atoms with Crippen LogP contribution in [-0.4, -0.2) is 6.54 Å². The normalized spacial score (nSPS) is 16.2. The molecule has 1 aliphatic carbocycles. The van der Waals surface area contributed by atoms with Crippen LogP contribution in [0.4, 0.5) is 0 Å². The first-order valence-electron chi connectivity index (χ1n) is 5.05. The smallest absolute Gasteiger partial charge is 0.0400 e. The Balaban J connectivity index is 2.39. The van der Waals surface area contributed by atoms with E-state index in [4.69, 9.17) is 0 Å². The fourth-order valence-electron chi connectivity index (χ4n) is 1.28. The van der Waals surface area contributed by atoms with Crippen molar-refractivity contribution >= 4 is 0 Å². The fourth-order valence-corrected chi connectivity index (χ4v) is 1.28. The van der Waals surface area contributed by atoms with Gasteiger partial charge in [0.25, 0.3) is 0 Å². The first-order valence-corrected chi connectivity index (χ1v) is 5.05. The van der Waals surface area contributed by atoms with E-state index in [0.29, 0.717) is 5.92 Å². The Morgan fingerprint density at radius 3 is 2.50 bits per heavy atom. The van der Waals surface area contributed by atoms with E-state index in [1.165, 1.54) is 24.1 Å². The van der Waals surface area contributed by atoms with Crippen molar-refractivity contribution in [3.8, 4) is 0 Å². The highest BCUT2D eigenvalue weighted by molar-refractivity contribution is 5.31. The molecule has 1 nitrogen and oxygen atoms in total. The van der Waals surface area contributed by atoms with Crippen LogP contribution in [0.3, 0.4) is 0 Å². The van der Waals surface area contributed by atoms with Gasteiger partial charge in [0.15, 0.2) is 0 Å². The zero-order valence-corrected chi connectivity index (χ0v) is 8.97. The Hall–Kier alpha value is -1.24. The van der Waals surface area contributed by atoms with Crippen LogP contribution in [0.1, 0.15) is 19.8 Å². The van der Waals surface area contributed by atoms with E-state index < -0.39 is 0 Å². The Morgan fingerprint density at radius 2 is 2.07 bits per heavy atom. The van der Waals surface area contributed by atoms with Crippen LogP contribution in [0.25, 0.3) is 0 Å². The van der Waals surface area contributed by atoms with Gasteiger partial charge < -0.3 is 5.32 Å². The first kappa shape index (κ1) is 10.8. The zero-order chi connectivity index (χ0) is 10.6. The molecule has 1 fully saturated rings. The SMILES string of the molecule is C=C/C=C(/CNC(=C)C1CC1)C(=C)C. The molecule has 0 radical (unpaired) electrons. The van der Waals surface area contributed by atoms with Gasteiger partial charge in [-0.1, -0.05) is 37.5 Å². The van der Waals surface area contributed by atoms with E-state index in [0.717, 1.165) is 12.1 Å². The summed E-state index contributed by atoms with van der Waals surface area (Å²) in [5, 5.41) is 3.34. The molecule has 0 aromatic heterocycles. The van der Waals surface area contributed by atoms with Crippen LogP contribution in [0.5, 0.6) is 0 Å². The van der Waals surface area contributed by atoms with Crippen LogP contribution in [0.15, 0.2) is 48.7 Å². The molecule has 0 saturated heterocycles. The number of hydrogen-bond acceptors (Lipinski definition) is 1. The molecule has 1 aliphatic rings. The largest absolute Gasteiger partial charge is 0.385 e. The summed E-state index contributed by atoms with van der Waals surface area (Å²) in [6, 6.07) is 0. The Bertz CT molecular complexity index is 280. The molecular weight excluding hydrogens is 170 g/mol. The van der Waals surface area contributed by atoms with Gasteiger partial charge in [-0.15, -0.1) is 0 Å². The molecule has 0 atom stereocenters. The van der Waals surface area contributed by atoms with Crippen molar-refractivity contribution in [1.82, 2.24) is 5.32 Å². The highest BCUT2D eigenvalue weighted by Gasteiger charge is 2.24. The van der Waals surface area contributed by atoms with Crippen LogP contribution in [-0.2, 0) is 0 Å². The third-order valence-electron chi connectivity index (χ3n) is 2.44. The maximum absolute atomic E-state index is 4.01. The molecule has 0 aromatic rings. The van der Waals surface area contributed by atoms with Crippen LogP contribution in [0, 0.1) is 5.92 Å². The van der Waals surface area contributed by atoms with Crippen LogP contribution >= 0.6 is 0 Å². The summed E-state index contributed by atoms with van der Waals surface area (Å²) >= 11 is 0. The van der Waals surface area contributed by atoms with Crippen molar-refractivity contribution in [1.29, 1.82) is 0 Å². The lowest BCUT2D eigenvalue weighted by molar-refractivity contribution is 0.792. The summed E-state index contributed by atoms with van der Waals surface area (Å²) in [5.74, 6) is 0.713. The maximum atomic E-state index is 4.01. The van der Waals surface area contributed by atoms with Crippen molar-refractivity contribution in [2.45, 2.75) is 19.8 Å². The van der Waals surface area contributed by atoms with Gasteiger partial charge in [-0.25, -0.2) is 0 Å². The minimum absolute atomic E-state index is 0.713. The minimum Gasteiger partial charge on any atom is -0.385 e. The fraction of sp³-hybridized carbons (Fsp3) is 0.385. The van der Waals surface area contributed by atoms with Gasteiger partial charge >= 0.3 is 0 Å². The third kappa shape index (κ3) is 3.25. The molecule has 0 bridgehead atoms. The molecule has 0 aromatic carbocycles. The van der Waals surface area contributed by atoms with Gasteiger partial charge in [0.1, 0.15) is 0 Å². The van der Waals surface area contributed by atoms with Crippen molar-refractivity contribution in [2.24, 2.45) is 5.92 Å². The quantitative estimate of drug-likeness (QED) is 0.633. The van der Waals surface area contributed by atoms with Crippen molar-refractivity contribution < 1.29 is 0 Å². The van der Waals surface area contributed by atoms with Crippen LogP contribution < -0.4 is 5.32 Å². The van der Waals surface area contributed by atoms with Gasteiger partial charge in [0.05, 0.1) is 0 Å². The summed E-state index contributed by atoms with van der Waals surface area (Å²) < 4.78 is 0. The highest BCUT2D eigenvalue weighted by Crippen LogP contribution is 2.34. The predicted octanol–water partition coefficient (Wildman–Crippen LogP) is 3.19. The second kappa shape index (κ2) is 4.85. The van der Waals surface area contributed by atoms with Crippen LogP contribution in [0.2, 0.25) is 0 Å². The molecule has 14 heavy (non-hydrogen) atoms. The van der Waals surface area contributed by atoms with Crippen molar-refractivity contribution in [3.63, 3.8) is 0 Å². The Labute approximate surface area is 86.9 Å². The number of allylic oxidation sites excluding steroid dienone is 3. The standard InChI is InChI=1S/C13H19N/c1-5-6-13(10(2)3)9-14-11(4)12-7-8-12/h5-6,12,14H,1-2,4,7-9H2,3H3/b13-6-. The number of rotatable bonds is 6. The Morgan fingerprint density at radius 1 is 1.43 bits per heavy atom. The molecule has 0 unspecified atom stereocenters. The summed E-state index contributed by atoms with van der Waals surface area (Å²) in [4.78, 5) is 0. The van der Waals surface area contributed by atoms with Gasteiger partial charge in [0, 0.05) is 12.2 Å². The lowest BCUT2D eigenvalue weighted by Crippen LogP contribution is -2.17. The summed E-state index contributed by atoms with van der Waals surface area (Å²) in [7, 11) is 0. The van der Waals surface area contributed by atoms with E-state index in [2.05, 4.69) is 25.1 Å². The molecule has 0 spiro atoms. The molecule has 1 N–H and O–H groups in total.